The molecule has 0 N–H and O–H groups in total. The summed E-state index contributed by atoms with van der Waals surface area (Å²) in [5.41, 5.74) is 8.93. The minimum absolute atomic E-state index is 0.519. The minimum atomic E-state index is 0.519. The fraction of sp³-hybridized carbons (Fsp3) is 0. The van der Waals surface area contributed by atoms with Gasteiger partial charge in [0.05, 0.1) is 17.6 Å². The number of hydrogen-bond donors (Lipinski definition) is 0. The van der Waals surface area contributed by atoms with Gasteiger partial charge in [-0.2, -0.15) is 9.97 Å². The Kier molecular flexibility index (Phi) is 7.12. The lowest BCUT2D eigenvalue weighted by molar-refractivity contribution is 0.953. The highest BCUT2D eigenvalue weighted by atomic mass is 15.2. The Hall–Kier alpha value is -7.42. The van der Waals surface area contributed by atoms with Crippen molar-refractivity contribution in [1.29, 1.82) is 0 Å². The normalized spacial score (nSPS) is 11.4. The molecular formula is C48H29N5. The monoisotopic (exact) mass is 675 g/mol. The van der Waals surface area contributed by atoms with E-state index < -0.39 is 0 Å². The molecule has 0 bridgehead atoms. The Morgan fingerprint density at radius 1 is 0.396 bits per heavy atom. The first-order valence-corrected chi connectivity index (χ1v) is 17.6. The van der Waals surface area contributed by atoms with Crippen LogP contribution in [0.25, 0.3) is 99.2 Å². The Morgan fingerprint density at radius 2 is 0.943 bits per heavy atom. The van der Waals surface area contributed by atoms with Crippen LogP contribution in [0.5, 0.6) is 0 Å². The van der Waals surface area contributed by atoms with Crippen LogP contribution in [0.15, 0.2) is 176 Å². The predicted molar refractivity (Wildman–Crippen MR) is 217 cm³/mol. The lowest BCUT2D eigenvalue weighted by atomic mass is 9.90. The van der Waals surface area contributed by atoms with Crippen LogP contribution in [0.3, 0.4) is 0 Å². The van der Waals surface area contributed by atoms with Crippen LogP contribution in [-0.2, 0) is 0 Å². The lowest BCUT2D eigenvalue weighted by Gasteiger charge is -2.14. The molecule has 0 aliphatic carbocycles. The standard InChI is InChI=1S/C48H29N5/c1-49-35-24-28-45-43(30-35)42-29-34(37-25-26-41(40-21-11-10-20-38(37)40)39-22-12-18-31-13-8-9-19-36(31)39)23-27-44(42)53(45)48-51-46(32-14-4-2-5-15-32)50-47(52-48)33-16-6-3-7-17-33/h2-30H. The summed E-state index contributed by atoms with van der Waals surface area (Å²) in [7, 11) is 0. The second-order valence-electron chi connectivity index (χ2n) is 13.1. The summed E-state index contributed by atoms with van der Waals surface area (Å²) >= 11 is 0. The van der Waals surface area contributed by atoms with E-state index in [1.165, 1.54) is 32.7 Å². The molecule has 0 aliphatic heterocycles. The molecule has 53 heavy (non-hydrogen) atoms. The van der Waals surface area contributed by atoms with Crippen LogP contribution in [0.1, 0.15) is 0 Å². The van der Waals surface area contributed by atoms with Crippen LogP contribution in [-0.4, -0.2) is 19.5 Å². The average Bonchev–Trinajstić information content (AvgIpc) is 3.56. The van der Waals surface area contributed by atoms with Gasteiger partial charge in [-0.1, -0.05) is 152 Å². The van der Waals surface area contributed by atoms with Crippen LogP contribution >= 0.6 is 0 Å². The Bertz CT molecular complexity index is 3000. The first-order chi connectivity index (χ1) is 26.2. The van der Waals surface area contributed by atoms with Crippen molar-refractivity contribution in [1.82, 2.24) is 19.5 Å². The first-order valence-electron chi connectivity index (χ1n) is 17.6. The van der Waals surface area contributed by atoms with Gasteiger partial charge in [0.2, 0.25) is 5.95 Å². The van der Waals surface area contributed by atoms with Crippen molar-refractivity contribution in [3.8, 4) is 51.0 Å². The zero-order valence-corrected chi connectivity index (χ0v) is 28.5. The topological polar surface area (TPSA) is 48.0 Å². The SMILES string of the molecule is [C-]#[N+]c1ccc2c(c1)c1cc(-c3ccc(-c4cccc5ccccc45)c4ccccc34)ccc1n2-c1nc(-c2ccccc2)nc(-c2ccccc2)n1. The predicted octanol–water partition coefficient (Wildman–Crippen LogP) is 12.5. The van der Waals surface area contributed by atoms with Crippen molar-refractivity contribution in [3.05, 3.63) is 187 Å². The highest BCUT2D eigenvalue weighted by molar-refractivity contribution is 6.14. The van der Waals surface area contributed by atoms with Gasteiger partial charge in [-0.3, -0.25) is 4.57 Å². The van der Waals surface area contributed by atoms with Crippen molar-refractivity contribution >= 4 is 49.0 Å². The van der Waals surface area contributed by atoms with Crippen LogP contribution in [0.2, 0.25) is 0 Å². The quantitative estimate of drug-likeness (QED) is 0.171. The molecule has 0 aliphatic rings. The van der Waals surface area contributed by atoms with Gasteiger partial charge in [0.15, 0.2) is 17.3 Å². The van der Waals surface area contributed by atoms with Crippen molar-refractivity contribution in [2.45, 2.75) is 0 Å². The third kappa shape index (κ3) is 5.13. The van der Waals surface area contributed by atoms with Crippen LogP contribution in [0.4, 0.5) is 5.69 Å². The van der Waals surface area contributed by atoms with E-state index in [2.05, 4.69) is 106 Å². The molecule has 5 heteroatoms. The minimum Gasteiger partial charge on any atom is -0.278 e. The molecule has 0 atom stereocenters. The molecule has 2 heterocycles. The average molecular weight is 676 g/mol. The van der Waals surface area contributed by atoms with Crippen molar-refractivity contribution in [2.75, 3.05) is 0 Å². The number of aromatic nitrogens is 4. The van der Waals surface area contributed by atoms with Crippen molar-refractivity contribution in [3.63, 3.8) is 0 Å². The first kappa shape index (κ1) is 30.4. The van der Waals surface area contributed by atoms with Gasteiger partial charge in [-0.25, -0.2) is 9.83 Å². The molecule has 10 aromatic rings. The molecule has 0 spiro atoms. The van der Waals surface area contributed by atoms with Crippen molar-refractivity contribution in [2.24, 2.45) is 0 Å². The smallest absolute Gasteiger partial charge is 0.238 e. The molecule has 2 aromatic heterocycles. The van der Waals surface area contributed by atoms with E-state index in [1.54, 1.807) is 0 Å². The zero-order chi connectivity index (χ0) is 35.3. The third-order valence-electron chi connectivity index (χ3n) is 10.1. The Balaban J connectivity index is 1.20. The van der Waals surface area contributed by atoms with Gasteiger partial charge in [-0.05, 0) is 73.5 Å². The van der Waals surface area contributed by atoms with Crippen molar-refractivity contribution < 1.29 is 0 Å². The van der Waals surface area contributed by atoms with Gasteiger partial charge in [-0.15, -0.1) is 0 Å². The number of benzene rings is 8. The largest absolute Gasteiger partial charge is 0.278 e. The van der Waals surface area contributed by atoms with Gasteiger partial charge in [0, 0.05) is 16.5 Å². The maximum absolute atomic E-state index is 7.84. The molecular weight excluding hydrogens is 647 g/mol. The molecule has 10 rings (SSSR count). The Labute approximate surface area is 305 Å². The fourth-order valence-electron chi connectivity index (χ4n) is 7.61. The van der Waals surface area contributed by atoms with E-state index >= 15 is 0 Å². The molecule has 0 unspecified atom stereocenters. The summed E-state index contributed by atoms with van der Waals surface area (Å²) in [6.45, 7) is 7.84. The summed E-state index contributed by atoms with van der Waals surface area (Å²) < 4.78 is 2.10. The number of rotatable bonds is 5. The second kappa shape index (κ2) is 12.4. The summed E-state index contributed by atoms with van der Waals surface area (Å²) in [5.74, 6) is 1.71. The van der Waals surface area contributed by atoms with Gasteiger partial charge in [0.25, 0.3) is 0 Å². The van der Waals surface area contributed by atoms with E-state index in [9.17, 15) is 0 Å². The van der Waals surface area contributed by atoms with E-state index in [0.29, 0.717) is 23.3 Å². The molecule has 0 saturated heterocycles. The molecule has 5 nitrogen and oxygen atoms in total. The summed E-state index contributed by atoms with van der Waals surface area (Å²) in [6.07, 6.45) is 0. The third-order valence-corrected chi connectivity index (χ3v) is 10.1. The van der Waals surface area contributed by atoms with Gasteiger partial charge >= 0.3 is 0 Å². The fourth-order valence-corrected chi connectivity index (χ4v) is 7.61. The van der Waals surface area contributed by atoms with E-state index in [-0.39, 0.29) is 0 Å². The molecule has 246 valence electrons. The summed E-state index contributed by atoms with van der Waals surface area (Å²) in [5, 5.41) is 6.83. The highest BCUT2D eigenvalue weighted by Gasteiger charge is 2.20. The molecule has 0 fully saturated rings. The van der Waals surface area contributed by atoms with E-state index in [4.69, 9.17) is 21.5 Å². The Morgan fingerprint density at radius 3 is 1.64 bits per heavy atom. The maximum Gasteiger partial charge on any atom is 0.238 e. The molecule has 0 saturated carbocycles. The van der Waals surface area contributed by atoms with Crippen LogP contribution in [0, 0.1) is 6.57 Å². The summed E-state index contributed by atoms with van der Waals surface area (Å²) in [4.78, 5) is 18.9. The second-order valence-corrected chi connectivity index (χ2v) is 13.1. The number of fused-ring (bicyclic) bond motifs is 5. The maximum atomic E-state index is 7.84. The van der Waals surface area contributed by atoms with Crippen LogP contribution < -0.4 is 0 Å². The molecule has 0 radical (unpaired) electrons. The summed E-state index contributed by atoms with van der Waals surface area (Å²) in [6, 6.07) is 60.7. The number of nitrogens with zero attached hydrogens (tertiary/aromatic N) is 5. The lowest BCUT2D eigenvalue weighted by Crippen LogP contribution is -2.06. The number of hydrogen-bond acceptors (Lipinski definition) is 3. The van der Waals surface area contributed by atoms with E-state index in [1.807, 2.05) is 78.9 Å². The highest BCUT2D eigenvalue weighted by Crippen LogP contribution is 2.41. The van der Waals surface area contributed by atoms with Gasteiger partial charge in [0.1, 0.15) is 0 Å². The van der Waals surface area contributed by atoms with E-state index in [0.717, 1.165) is 44.1 Å². The zero-order valence-electron chi connectivity index (χ0n) is 28.5. The molecule has 8 aromatic carbocycles. The van der Waals surface area contributed by atoms with Gasteiger partial charge < -0.3 is 0 Å². The molecule has 0 amide bonds.